The van der Waals surface area contributed by atoms with Crippen LogP contribution in [0, 0.1) is 11.6 Å². The third-order valence-corrected chi connectivity index (χ3v) is 9.88. The molecule has 0 radical (unpaired) electrons. The number of nitrogens with two attached hydrogens (primary N) is 1. The van der Waals surface area contributed by atoms with E-state index in [4.69, 9.17) is 5.73 Å². The largest absolute Gasteiger partial charge is 0.382 e. The Labute approximate surface area is 216 Å². The van der Waals surface area contributed by atoms with E-state index in [1.54, 1.807) is 6.20 Å². The Hall–Kier alpha value is -2.55. The van der Waals surface area contributed by atoms with Crippen LogP contribution in [0.4, 0.5) is 19.7 Å². The number of nitrogen functional groups attached to an aromatic ring is 1. The summed E-state index contributed by atoms with van der Waals surface area (Å²) >= 11 is 2.45. The average Bonchev–Trinajstić information content (AvgIpc) is 3.41. The van der Waals surface area contributed by atoms with E-state index in [0.29, 0.717) is 43.2 Å². The molecule has 0 aliphatic carbocycles. The average molecular weight is 557 g/mol. The highest BCUT2D eigenvalue weighted by atomic mass is 32.2. The van der Waals surface area contributed by atoms with E-state index >= 15 is 0 Å². The molecule has 194 valence electrons. The number of ketones is 1. The van der Waals surface area contributed by atoms with E-state index in [1.807, 2.05) is 17.8 Å². The molecular weight excluding hydrogens is 530 g/mol. The minimum atomic E-state index is -3.37. The van der Waals surface area contributed by atoms with E-state index in [1.165, 1.54) is 22.1 Å². The van der Waals surface area contributed by atoms with Crippen LogP contribution < -0.4 is 11.1 Å². The second kappa shape index (κ2) is 11.2. The molecule has 0 atom stereocenters. The van der Waals surface area contributed by atoms with Crippen LogP contribution >= 0.6 is 23.1 Å². The number of anilines is 2. The molecule has 1 aromatic carbocycles. The van der Waals surface area contributed by atoms with Crippen molar-refractivity contribution in [2.45, 2.75) is 30.5 Å². The first-order valence-electron chi connectivity index (χ1n) is 11.2. The molecule has 0 amide bonds. The van der Waals surface area contributed by atoms with Gasteiger partial charge in [0.25, 0.3) is 0 Å². The molecule has 3 aromatic rings. The maximum atomic E-state index is 14.0. The van der Waals surface area contributed by atoms with Crippen LogP contribution in [-0.2, 0) is 17.1 Å². The molecule has 36 heavy (non-hydrogen) atoms. The summed E-state index contributed by atoms with van der Waals surface area (Å²) in [5, 5.41) is 4.38. The summed E-state index contributed by atoms with van der Waals surface area (Å²) < 4.78 is 56.9. The number of hydrogen-bond donors (Lipinski definition) is 2. The molecule has 3 N–H and O–H groups in total. The first-order valence-corrected chi connectivity index (χ1v) is 14.7. The molecule has 4 rings (SSSR count). The lowest BCUT2D eigenvalue weighted by Crippen LogP contribution is -2.43. The molecule has 1 aliphatic heterocycles. The molecule has 1 saturated heterocycles. The fourth-order valence-corrected chi connectivity index (χ4v) is 7.36. The third-order valence-electron chi connectivity index (χ3n) is 5.78. The van der Waals surface area contributed by atoms with Gasteiger partial charge in [-0.2, -0.15) is 0 Å². The number of halogens is 2. The lowest BCUT2D eigenvalue weighted by atomic mass is 10.1. The second-order valence-corrected chi connectivity index (χ2v) is 12.5. The maximum absolute atomic E-state index is 14.0. The van der Waals surface area contributed by atoms with Crippen molar-refractivity contribution in [2.75, 3.05) is 35.6 Å². The molecule has 14 heteroatoms. The van der Waals surface area contributed by atoms with Crippen molar-refractivity contribution < 1.29 is 22.0 Å². The molecular formula is C22H26F2N6O3S3. The monoisotopic (exact) mass is 556 g/mol. The van der Waals surface area contributed by atoms with Gasteiger partial charge in [0, 0.05) is 44.3 Å². The van der Waals surface area contributed by atoms with Crippen LogP contribution in [0.15, 0.2) is 35.7 Å². The van der Waals surface area contributed by atoms with Gasteiger partial charge in [-0.3, -0.25) is 4.79 Å². The molecule has 0 saturated carbocycles. The number of nitrogens with one attached hydrogen (secondary N) is 1. The van der Waals surface area contributed by atoms with Gasteiger partial charge in [0.05, 0.1) is 11.3 Å². The van der Waals surface area contributed by atoms with Crippen molar-refractivity contribution in [2.24, 2.45) is 7.05 Å². The third kappa shape index (κ3) is 6.05. The molecule has 9 nitrogen and oxygen atoms in total. The number of rotatable bonds is 10. The lowest BCUT2D eigenvalue weighted by Gasteiger charge is -2.31. The quantitative estimate of drug-likeness (QED) is 0.221. The lowest BCUT2D eigenvalue weighted by molar-refractivity contribution is 0.103. The van der Waals surface area contributed by atoms with Gasteiger partial charge in [-0.25, -0.2) is 31.5 Å². The van der Waals surface area contributed by atoms with Crippen LogP contribution in [0.2, 0.25) is 0 Å². The standard InChI is InChI=1S/C22H26F2N6O3S3/c1-29-11-8-26-22(29)34-12-3-13-36(32,33)30-9-6-14(7-10-30)27-21-28-20(25)19(35-21)18(31)17-15(23)4-2-5-16(17)24/h2,4-5,8,11,14H,3,6-7,9-10,12-13,25H2,1H3,(H,27,28). The van der Waals surface area contributed by atoms with Gasteiger partial charge in [-0.15, -0.1) is 0 Å². The Bertz CT molecular complexity index is 1320. The SMILES string of the molecule is Cn1ccnc1SCCCS(=O)(=O)N1CCC(Nc2nc(N)c(C(=O)c3c(F)cccc3F)s2)CC1. The van der Waals surface area contributed by atoms with Crippen molar-refractivity contribution in [3.8, 4) is 0 Å². The normalized spacial score (nSPS) is 15.3. The first kappa shape index (κ1) is 26.5. The highest BCUT2D eigenvalue weighted by molar-refractivity contribution is 7.99. The number of thioether (sulfide) groups is 1. The number of thiazole rings is 1. The van der Waals surface area contributed by atoms with Gasteiger partial charge in [0.1, 0.15) is 22.3 Å². The van der Waals surface area contributed by atoms with E-state index < -0.39 is 33.0 Å². The summed E-state index contributed by atoms with van der Waals surface area (Å²) in [4.78, 5) is 21.0. The molecule has 0 spiro atoms. The number of aromatic nitrogens is 3. The zero-order valence-corrected chi connectivity index (χ0v) is 21.9. The molecule has 0 bridgehead atoms. The van der Waals surface area contributed by atoms with Crippen molar-refractivity contribution >= 4 is 49.9 Å². The van der Waals surface area contributed by atoms with E-state index in [9.17, 15) is 22.0 Å². The summed E-state index contributed by atoms with van der Waals surface area (Å²) in [7, 11) is -1.47. The molecule has 3 heterocycles. The fraction of sp³-hybridized carbons (Fsp3) is 0.409. The molecule has 1 aliphatic rings. The van der Waals surface area contributed by atoms with Crippen LogP contribution in [0.25, 0.3) is 0 Å². The fourth-order valence-electron chi connectivity index (χ4n) is 3.86. The van der Waals surface area contributed by atoms with Gasteiger partial charge in [-0.1, -0.05) is 29.2 Å². The Morgan fingerprint density at radius 2 is 1.97 bits per heavy atom. The van der Waals surface area contributed by atoms with Crippen molar-refractivity contribution in [3.63, 3.8) is 0 Å². The molecule has 1 fully saturated rings. The van der Waals surface area contributed by atoms with Gasteiger partial charge in [0.15, 0.2) is 10.3 Å². The molecule has 2 aromatic heterocycles. The van der Waals surface area contributed by atoms with Crippen LogP contribution in [0.1, 0.15) is 34.5 Å². The predicted octanol–water partition coefficient (Wildman–Crippen LogP) is 3.36. The zero-order valence-electron chi connectivity index (χ0n) is 19.5. The van der Waals surface area contributed by atoms with E-state index in [-0.39, 0.29) is 22.5 Å². The van der Waals surface area contributed by atoms with Gasteiger partial charge in [-0.05, 0) is 31.4 Å². The number of carbonyl (C=O) groups excluding carboxylic acids is 1. The summed E-state index contributed by atoms with van der Waals surface area (Å²) in [5.74, 6) is -2.18. The van der Waals surface area contributed by atoms with E-state index in [2.05, 4.69) is 15.3 Å². The van der Waals surface area contributed by atoms with Crippen molar-refractivity contribution in [1.29, 1.82) is 0 Å². The van der Waals surface area contributed by atoms with Crippen molar-refractivity contribution in [3.05, 3.63) is 52.7 Å². The Kier molecular flexibility index (Phi) is 8.27. The van der Waals surface area contributed by atoms with Crippen LogP contribution in [0.5, 0.6) is 0 Å². The number of hydrogen-bond acceptors (Lipinski definition) is 9. The maximum Gasteiger partial charge on any atom is 0.214 e. The van der Waals surface area contributed by atoms with E-state index in [0.717, 1.165) is 28.6 Å². The highest BCUT2D eigenvalue weighted by Gasteiger charge is 2.29. The smallest absolute Gasteiger partial charge is 0.214 e. The Balaban J connectivity index is 1.28. The topological polar surface area (TPSA) is 123 Å². The number of imidazole rings is 1. The van der Waals surface area contributed by atoms with Crippen LogP contribution in [0.3, 0.4) is 0 Å². The minimum absolute atomic E-state index is 0.0510. The van der Waals surface area contributed by atoms with Gasteiger partial charge < -0.3 is 15.6 Å². The zero-order chi connectivity index (χ0) is 25.9. The number of carbonyl (C=O) groups is 1. The first-order chi connectivity index (χ1) is 17.2. The summed E-state index contributed by atoms with van der Waals surface area (Å²) in [6, 6.07) is 3.12. The number of benzene rings is 1. The number of piperidine rings is 1. The Morgan fingerprint density at radius 1 is 1.28 bits per heavy atom. The number of aryl methyl sites for hydroxylation is 1. The number of nitrogens with zero attached hydrogens (tertiary/aromatic N) is 4. The second-order valence-electron chi connectivity index (χ2n) is 8.32. The summed E-state index contributed by atoms with van der Waals surface area (Å²) in [6.45, 7) is 0.721. The van der Waals surface area contributed by atoms with Gasteiger partial charge in [0.2, 0.25) is 15.8 Å². The summed E-state index contributed by atoms with van der Waals surface area (Å²) in [5.41, 5.74) is 5.19. The number of sulfonamides is 1. The minimum Gasteiger partial charge on any atom is -0.382 e. The van der Waals surface area contributed by atoms with Crippen molar-refractivity contribution in [1.82, 2.24) is 18.8 Å². The van der Waals surface area contributed by atoms with Crippen LogP contribution in [-0.4, -0.2) is 63.7 Å². The van der Waals surface area contributed by atoms with Gasteiger partial charge >= 0.3 is 0 Å². The summed E-state index contributed by atoms with van der Waals surface area (Å²) in [6.07, 6.45) is 5.17. The Morgan fingerprint density at radius 3 is 2.61 bits per heavy atom. The predicted molar refractivity (Wildman–Crippen MR) is 137 cm³/mol. The molecule has 0 unspecified atom stereocenters. The highest BCUT2D eigenvalue weighted by Crippen LogP contribution is 2.30.